The average Bonchev–Trinajstić information content (AvgIpc) is 3.21. The normalized spacial score (nSPS) is 19.1. The molecule has 3 N–H and O–H groups in total. The van der Waals surface area contributed by atoms with E-state index < -0.39 is 0 Å². The number of amides is 2. The van der Waals surface area contributed by atoms with E-state index in [1.54, 1.807) is 23.2 Å². The van der Waals surface area contributed by atoms with Crippen molar-refractivity contribution in [3.63, 3.8) is 0 Å². The Bertz CT molecular complexity index is 784. The first-order valence-corrected chi connectivity index (χ1v) is 8.76. The summed E-state index contributed by atoms with van der Waals surface area (Å²) in [6, 6.07) is 3.83. The first-order valence-electron chi connectivity index (χ1n) is 7.94. The van der Waals surface area contributed by atoms with Crippen molar-refractivity contribution in [2.75, 3.05) is 18.5 Å². The lowest BCUT2D eigenvalue weighted by Crippen LogP contribution is -2.39. The number of carbonyl (C=O) groups excluding carboxylic acids is 2. The van der Waals surface area contributed by atoms with Crippen LogP contribution in [-0.2, 0) is 17.7 Å². The van der Waals surface area contributed by atoms with Gasteiger partial charge in [-0.2, -0.15) is 0 Å². The predicted molar refractivity (Wildman–Crippen MR) is 90.1 cm³/mol. The van der Waals surface area contributed by atoms with Crippen LogP contribution in [0.1, 0.15) is 39.6 Å². The fourth-order valence-corrected chi connectivity index (χ4v) is 4.45. The van der Waals surface area contributed by atoms with Gasteiger partial charge >= 0.3 is 6.09 Å². The van der Waals surface area contributed by atoms with Crippen molar-refractivity contribution in [3.05, 3.63) is 40.0 Å². The maximum Gasteiger partial charge on any atom is 0.410 e. The number of aromatic amines is 1. The summed E-state index contributed by atoms with van der Waals surface area (Å²) in [7, 11) is 0. The number of hydrogen-bond donors (Lipinski definition) is 3. The molecule has 1 atom stereocenters. The van der Waals surface area contributed by atoms with Crippen LogP contribution in [0.4, 0.5) is 9.80 Å². The standard InChI is InChI=1S/C16H18N4O3S/c1-2-23-16(22)20-7-5-9-11(8-20)24-15-12(9)14(21)18-13(19-15)10-4-3-6-17-10/h3-4,6,13,17,19H,2,5,7-8H2,1H3,(H,18,21). The van der Waals surface area contributed by atoms with Crippen LogP contribution < -0.4 is 10.6 Å². The van der Waals surface area contributed by atoms with E-state index in [9.17, 15) is 9.59 Å². The molecule has 0 saturated heterocycles. The highest BCUT2D eigenvalue weighted by Crippen LogP contribution is 2.40. The zero-order valence-corrected chi connectivity index (χ0v) is 14.0. The number of thiophene rings is 1. The second-order valence-electron chi connectivity index (χ2n) is 5.75. The molecule has 0 aromatic carbocycles. The van der Waals surface area contributed by atoms with Crippen LogP contribution in [-0.4, -0.2) is 35.0 Å². The molecular formula is C16H18N4O3S. The Morgan fingerprint density at radius 3 is 3.08 bits per heavy atom. The van der Waals surface area contributed by atoms with E-state index in [0.29, 0.717) is 26.1 Å². The largest absolute Gasteiger partial charge is 0.450 e. The van der Waals surface area contributed by atoms with Crippen molar-refractivity contribution >= 4 is 28.3 Å². The highest BCUT2D eigenvalue weighted by atomic mass is 32.1. The van der Waals surface area contributed by atoms with Crippen LogP contribution >= 0.6 is 11.3 Å². The quantitative estimate of drug-likeness (QED) is 0.779. The van der Waals surface area contributed by atoms with Gasteiger partial charge in [0.1, 0.15) is 11.2 Å². The minimum absolute atomic E-state index is 0.0644. The van der Waals surface area contributed by atoms with E-state index in [1.165, 1.54) is 0 Å². The van der Waals surface area contributed by atoms with Gasteiger partial charge in [0, 0.05) is 17.6 Å². The van der Waals surface area contributed by atoms with Gasteiger partial charge in [-0.15, -0.1) is 11.3 Å². The number of fused-ring (bicyclic) bond motifs is 3. The molecule has 1 unspecified atom stereocenters. The number of aromatic nitrogens is 1. The van der Waals surface area contributed by atoms with Gasteiger partial charge in [0.15, 0.2) is 0 Å². The maximum atomic E-state index is 12.6. The van der Waals surface area contributed by atoms with Crippen LogP contribution in [0, 0.1) is 0 Å². The SMILES string of the molecule is CCOC(=O)N1CCc2c(sc3c2C(=O)NC(c2ccc[nH]2)N3)C1. The summed E-state index contributed by atoms with van der Waals surface area (Å²) in [5.41, 5.74) is 2.68. The third-order valence-electron chi connectivity index (χ3n) is 4.29. The van der Waals surface area contributed by atoms with Crippen LogP contribution in [0.5, 0.6) is 0 Å². The predicted octanol–water partition coefficient (Wildman–Crippen LogP) is 2.44. The molecule has 2 aromatic heterocycles. The molecule has 126 valence electrons. The van der Waals surface area contributed by atoms with Crippen molar-refractivity contribution in [3.8, 4) is 0 Å². The molecule has 24 heavy (non-hydrogen) atoms. The Hall–Kier alpha value is -2.48. The van der Waals surface area contributed by atoms with Crippen molar-refractivity contribution in [1.82, 2.24) is 15.2 Å². The fourth-order valence-electron chi connectivity index (χ4n) is 3.17. The summed E-state index contributed by atoms with van der Waals surface area (Å²) in [5.74, 6) is -0.0644. The van der Waals surface area contributed by atoms with Gasteiger partial charge in [-0.3, -0.25) is 4.79 Å². The van der Waals surface area contributed by atoms with E-state index in [4.69, 9.17) is 4.74 Å². The summed E-state index contributed by atoms with van der Waals surface area (Å²) in [4.78, 5) is 30.4. The van der Waals surface area contributed by atoms with Crippen LogP contribution in [0.25, 0.3) is 0 Å². The summed E-state index contributed by atoms with van der Waals surface area (Å²) >= 11 is 1.55. The molecule has 0 fully saturated rings. The fraction of sp³-hybridized carbons (Fsp3) is 0.375. The number of anilines is 1. The minimum Gasteiger partial charge on any atom is -0.450 e. The maximum absolute atomic E-state index is 12.6. The molecule has 2 aliphatic heterocycles. The molecule has 2 amide bonds. The second kappa shape index (κ2) is 5.86. The van der Waals surface area contributed by atoms with Crippen molar-refractivity contribution in [2.45, 2.75) is 26.1 Å². The Morgan fingerprint density at radius 1 is 1.46 bits per heavy atom. The first kappa shape index (κ1) is 15.1. The van der Waals surface area contributed by atoms with Gasteiger partial charge in [-0.05, 0) is 31.0 Å². The molecule has 2 aromatic rings. The number of ether oxygens (including phenoxy) is 1. The Morgan fingerprint density at radius 2 is 2.33 bits per heavy atom. The number of nitrogens with one attached hydrogen (secondary N) is 3. The third-order valence-corrected chi connectivity index (χ3v) is 5.44. The molecule has 0 spiro atoms. The molecule has 0 radical (unpaired) electrons. The van der Waals surface area contributed by atoms with Crippen LogP contribution in [0.15, 0.2) is 18.3 Å². The van der Waals surface area contributed by atoms with Crippen molar-refractivity contribution in [1.29, 1.82) is 0 Å². The molecular weight excluding hydrogens is 328 g/mol. The molecule has 4 heterocycles. The van der Waals surface area contributed by atoms with Crippen LogP contribution in [0.2, 0.25) is 0 Å². The Labute approximate surface area is 143 Å². The van der Waals surface area contributed by atoms with Crippen molar-refractivity contribution < 1.29 is 14.3 Å². The minimum atomic E-state index is -0.295. The lowest BCUT2D eigenvalue weighted by molar-refractivity contribution is 0.0933. The molecule has 0 bridgehead atoms. The lowest BCUT2D eigenvalue weighted by Gasteiger charge is -2.27. The monoisotopic (exact) mass is 346 g/mol. The topological polar surface area (TPSA) is 86.5 Å². The van der Waals surface area contributed by atoms with E-state index in [0.717, 1.165) is 26.7 Å². The zero-order chi connectivity index (χ0) is 16.7. The number of hydrogen-bond acceptors (Lipinski definition) is 5. The summed E-state index contributed by atoms with van der Waals surface area (Å²) < 4.78 is 5.08. The lowest BCUT2D eigenvalue weighted by atomic mass is 10.0. The first-order chi connectivity index (χ1) is 11.7. The molecule has 4 rings (SSSR count). The summed E-state index contributed by atoms with van der Waals surface area (Å²) in [6.45, 7) is 3.23. The van der Waals surface area contributed by atoms with Gasteiger partial charge in [-0.25, -0.2) is 4.79 Å². The molecule has 0 aliphatic carbocycles. The summed E-state index contributed by atoms with van der Waals surface area (Å²) in [5, 5.41) is 7.23. The average molecular weight is 346 g/mol. The smallest absolute Gasteiger partial charge is 0.410 e. The van der Waals surface area contributed by atoms with E-state index >= 15 is 0 Å². The number of rotatable bonds is 2. The van der Waals surface area contributed by atoms with Gasteiger partial charge in [0.05, 0.1) is 24.4 Å². The molecule has 2 aliphatic rings. The number of H-pyrrole nitrogens is 1. The van der Waals surface area contributed by atoms with Gasteiger partial charge < -0.3 is 25.3 Å². The van der Waals surface area contributed by atoms with Gasteiger partial charge in [0.25, 0.3) is 5.91 Å². The number of carbonyl (C=O) groups is 2. The van der Waals surface area contributed by atoms with E-state index in [1.807, 2.05) is 18.3 Å². The molecule has 0 saturated carbocycles. The molecule has 8 heteroatoms. The highest BCUT2D eigenvalue weighted by molar-refractivity contribution is 7.16. The number of nitrogens with zero attached hydrogens (tertiary/aromatic N) is 1. The highest BCUT2D eigenvalue weighted by Gasteiger charge is 2.34. The summed E-state index contributed by atoms with van der Waals surface area (Å²) in [6.07, 6.45) is 1.94. The van der Waals surface area contributed by atoms with Crippen molar-refractivity contribution in [2.24, 2.45) is 0 Å². The second-order valence-corrected chi connectivity index (χ2v) is 6.86. The van der Waals surface area contributed by atoms with E-state index in [-0.39, 0.29) is 18.2 Å². The van der Waals surface area contributed by atoms with Gasteiger partial charge in [-0.1, -0.05) is 0 Å². The Kier molecular flexibility index (Phi) is 3.68. The Balaban J connectivity index is 1.61. The van der Waals surface area contributed by atoms with Gasteiger partial charge in [0.2, 0.25) is 0 Å². The third kappa shape index (κ3) is 2.43. The molecule has 7 nitrogen and oxygen atoms in total. The zero-order valence-electron chi connectivity index (χ0n) is 13.2. The van der Waals surface area contributed by atoms with E-state index in [2.05, 4.69) is 15.6 Å². The van der Waals surface area contributed by atoms with Crippen LogP contribution in [0.3, 0.4) is 0 Å².